The molecule has 10 heteroatoms. The number of primary amides is 1. The third-order valence-electron chi connectivity index (χ3n) is 4.24. The second-order valence-corrected chi connectivity index (χ2v) is 6.88. The van der Waals surface area contributed by atoms with Crippen LogP contribution in [0.5, 0.6) is 11.5 Å². The Hall–Kier alpha value is -3.30. The number of benzene rings is 2. The fourth-order valence-corrected chi connectivity index (χ4v) is 2.98. The Bertz CT molecular complexity index is 936. The lowest BCUT2D eigenvalue weighted by Gasteiger charge is -2.23. The van der Waals surface area contributed by atoms with Crippen molar-refractivity contribution in [1.82, 2.24) is 4.42 Å². The zero-order valence-corrected chi connectivity index (χ0v) is 18.0. The molecule has 0 heterocycles. The van der Waals surface area contributed by atoms with Gasteiger partial charge in [-0.25, -0.2) is 4.42 Å². The quantitative estimate of drug-likeness (QED) is 0.273. The molecule has 2 aromatic carbocycles. The summed E-state index contributed by atoms with van der Waals surface area (Å²) in [7, 11) is 1.45. The normalized spacial score (nSPS) is 11.5. The van der Waals surface area contributed by atoms with Gasteiger partial charge in [0, 0.05) is 23.9 Å². The lowest BCUT2D eigenvalue weighted by Crippen LogP contribution is -2.29. The van der Waals surface area contributed by atoms with Gasteiger partial charge in [0.1, 0.15) is 5.84 Å². The molecule has 31 heavy (non-hydrogen) atoms. The van der Waals surface area contributed by atoms with E-state index in [-0.39, 0.29) is 31.3 Å². The van der Waals surface area contributed by atoms with Gasteiger partial charge in [0.2, 0.25) is 0 Å². The number of carbonyl (C=O) groups is 2. The molecule has 5 N–H and O–H groups in total. The van der Waals surface area contributed by atoms with Crippen LogP contribution in [0.1, 0.15) is 29.7 Å². The van der Waals surface area contributed by atoms with Crippen molar-refractivity contribution in [3.63, 3.8) is 0 Å². The van der Waals surface area contributed by atoms with Gasteiger partial charge < -0.3 is 25.7 Å². The minimum Gasteiger partial charge on any atom is -0.493 e. The summed E-state index contributed by atoms with van der Waals surface area (Å²) < 4.78 is 17.3. The Balaban J connectivity index is 2.23. The maximum absolute atomic E-state index is 13.0. The van der Waals surface area contributed by atoms with Gasteiger partial charge in [-0.05, 0) is 30.2 Å². The zero-order valence-electron chi connectivity index (χ0n) is 17.3. The van der Waals surface area contributed by atoms with Crippen LogP contribution in [0.3, 0.4) is 0 Å². The highest BCUT2D eigenvalue weighted by Crippen LogP contribution is 2.32. The minimum absolute atomic E-state index is 0.0457. The fraction of sp³-hybridized carbons (Fsp3) is 0.286. The SMILES string of the molecule is CCOC(C(=O)N(Cl)Cc1ccc(C(=N)N)cc1)c1ccc(OC)c(OCC(N)=O)c1. The van der Waals surface area contributed by atoms with Crippen molar-refractivity contribution >= 4 is 29.4 Å². The van der Waals surface area contributed by atoms with E-state index in [4.69, 9.17) is 42.9 Å². The van der Waals surface area contributed by atoms with Gasteiger partial charge in [0.05, 0.1) is 13.7 Å². The van der Waals surface area contributed by atoms with Crippen molar-refractivity contribution in [3.8, 4) is 11.5 Å². The fourth-order valence-electron chi connectivity index (χ4n) is 2.75. The maximum Gasteiger partial charge on any atom is 0.270 e. The number of hydrogen-bond acceptors (Lipinski definition) is 6. The molecule has 1 unspecified atom stereocenters. The number of hydrogen-bond donors (Lipinski definition) is 3. The molecule has 0 fully saturated rings. The number of ether oxygens (including phenoxy) is 3. The Morgan fingerprint density at radius 2 is 1.81 bits per heavy atom. The molecule has 0 aliphatic rings. The number of amidine groups is 1. The van der Waals surface area contributed by atoms with Crippen LogP contribution in [0.25, 0.3) is 0 Å². The smallest absolute Gasteiger partial charge is 0.270 e. The van der Waals surface area contributed by atoms with E-state index in [1.807, 2.05) is 0 Å². The molecule has 1 atom stereocenters. The van der Waals surface area contributed by atoms with Gasteiger partial charge in [-0.3, -0.25) is 15.0 Å². The van der Waals surface area contributed by atoms with Crippen LogP contribution >= 0.6 is 11.8 Å². The van der Waals surface area contributed by atoms with Crippen LogP contribution in [0.2, 0.25) is 0 Å². The predicted molar refractivity (Wildman–Crippen MR) is 116 cm³/mol. The Labute approximate surface area is 185 Å². The summed E-state index contributed by atoms with van der Waals surface area (Å²) in [4.78, 5) is 24.1. The largest absolute Gasteiger partial charge is 0.493 e. The summed E-state index contributed by atoms with van der Waals surface area (Å²) in [6.07, 6.45) is -0.999. The molecule has 2 amide bonds. The number of amides is 2. The van der Waals surface area contributed by atoms with Crippen LogP contribution in [-0.4, -0.2) is 42.4 Å². The molecule has 0 radical (unpaired) electrons. The van der Waals surface area contributed by atoms with Crippen LogP contribution in [0.15, 0.2) is 42.5 Å². The average molecular weight is 449 g/mol. The summed E-state index contributed by atoms with van der Waals surface area (Å²) in [5.74, 6) is -0.549. The molecule has 0 aliphatic carbocycles. The molecule has 0 saturated carbocycles. The summed E-state index contributed by atoms with van der Waals surface area (Å²) in [5.41, 5.74) is 12.4. The molecule has 0 bridgehead atoms. The number of nitrogens with zero attached hydrogens (tertiary/aromatic N) is 1. The molecule has 2 rings (SSSR count). The number of carbonyl (C=O) groups excluding carboxylic acids is 2. The van der Waals surface area contributed by atoms with Gasteiger partial charge in [-0.1, -0.05) is 30.3 Å². The Kier molecular flexibility index (Phi) is 8.65. The number of halogens is 1. The van der Waals surface area contributed by atoms with E-state index >= 15 is 0 Å². The standard InChI is InChI=1S/C21H25ClN4O5/c1-3-30-19(15-8-9-16(29-2)17(10-15)31-12-18(23)27)21(28)26(22)11-13-4-6-14(7-5-13)20(24)25/h4-10,19H,3,11-12H2,1-2H3,(H2,23,27)(H3,24,25). The maximum atomic E-state index is 13.0. The van der Waals surface area contributed by atoms with Gasteiger partial charge >= 0.3 is 0 Å². The highest BCUT2D eigenvalue weighted by molar-refractivity contribution is 6.21. The second-order valence-electron chi connectivity index (χ2n) is 6.47. The van der Waals surface area contributed by atoms with Crippen LogP contribution in [-0.2, 0) is 20.9 Å². The van der Waals surface area contributed by atoms with E-state index in [0.717, 1.165) is 9.98 Å². The van der Waals surface area contributed by atoms with E-state index in [2.05, 4.69) is 0 Å². The Morgan fingerprint density at radius 3 is 2.35 bits per heavy atom. The van der Waals surface area contributed by atoms with Gasteiger partial charge in [-0.2, -0.15) is 0 Å². The first-order chi connectivity index (χ1) is 14.8. The molecular weight excluding hydrogens is 424 g/mol. The zero-order chi connectivity index (χ0) is 23.0. The van der Waals surface area contributed by atoms with Crippen LogP contribution in [0.4, 0.5) is 0 Å². The first-order valence-corrected chi connectivity index (χ1v) is 9.71. The highest BCUT2D eigenvalue weighted by atomic mass is 35.5. The number of methoxy groups -OCH3 is 1. The first-order valence-electron chi connectivity index (χ1n) is 9.37. The second kappa shape index (κ2) is 11.2. The molecular formula is C21H25ClN4O5. The average Bonchev–Trinajstić information content (AvgIpc) is 2.75. The third-order valence-corrected chi connectivity index (χ3v) is 4.53. The van der Waals surface area contributed by atoms with Crippen molar-refractivity contribution in [2.45, 2.75) is 19.6 Å². The van der Waals surface area contributed by atoms with E-state index in [1.165, 1.54) is 7.11 Å². The molecule has 166 valence electrons. The number of nitrogen functional groups attached to an aromatic ring is 1. The molecule has 9 nitrogen and oxygen atoms in total. The molecule has 0 aliphatic heterocycles. The van der Waals surface area contributed by atoms with E-state index in [1.54, 1.807) is 49.4 Å². The van der Waals surface area contributed by atoms with Crippen LogP contribution < -0.4 is 20.9 Å². The van der Waals surface area contributed by atoms with Crippen molar-refractivity contribution in [2.75, 3.05) is 20.3 Å². The Morgan fingerprint density at radius 1 is 1.13 bits per heavy atom. The molecule has 0 saturated heterocycles. The summed E-state index contributed by atoms with van der Waals surface area (Å²) in [6, 6.07) is 11.6. The third kappa shape index (κ3) is 6.59. The van der Waals surface area contributed by atoms with Crippen molar-refractivity contribution < 1.29 is 23.8 Å². The minimum atomic E-state index is -0.999. The predicted octanol–water partition coefficient (Wildman–Crippen LogP) is 2.10. The van der Waals surface area contributed by atoms with Gasteiger partial charge in [-0.15, -0.1) is 0 Å². The van der Waals surface area contributed by atoms with E-state index in [0.29, 0.717) is 16.9 Å². The summed E-state index contributed by atoms with van der Waals surface area (Å²) in [5, 5.41) is 7.44. The summed E-state index contributed by atoms with van der Waals surface area (Å²) >= 11 is 6.27. The first kappa shape index (κ1) is 24.0. The van der Waals surface area contributed by atoms with Crippen LogP contribution in [0, 0.1) is 5.41 Å². The lowest BCUT2D eigenvalue weighted by molar-refractivity contribution is -0.139. The van der Waals surface area contributed by atoms with Crippen molar-refractivity contribution in [2.24, 2.45) is 11.5 Å². The highest BCUT2D eigenvalue weighted by Gasteiger charge is 2.27. The van der Waals surface area contributed by atoms with E-state index in [9.17, 15) is 9.59 Å². The monoisotopic (exact) mass is 448 g/mol. The lowest BCUT2D eigenvalue weighted by atomic mass is 10.1. The molecule has 2 aromatic rings. The number of nitrogens with one attached hydrogen (secondary N) is 1. The van der Waals surface area contributed by atoms with E-state index < -0.39 is 17.9 Å². The summed E-state index contributed by atoms with van der Waals surface area (Å²) in [6.45, 7) is 1.79. The topological polar surface area (TPSA) is 141 Å². The molecule has 0 spiro atoms. The van der Waals surface area contributed by atoms with Gasteiger partial charge in [0.25, 0.3) is 11.8 Å². The molecule has 0 aromatic heterocycles. The van der Waals surface area contributed by atoms with Crippen molar-refractivity contribution in [1.29, 1.82) is 5.41 Å². The number of nitrogens with two attached hydrogens (primary N) is 2. The number of rotatable bonds is 11. The van der Waals surface area contributed by atoms with Crippen molar-refractivity contribution in [3.05, 3.63) is 59.2 Å². The van der Waals surface area contributed by atoms with Gasteiger partial charge in [0.15, 0.2) is 24.2 Å².